The van der Waals surface area contributed by atoms with Crippen molar-refractivity contribution in [3.8, 4) is 5.75 Å². The van der Waals surface area contributed by atoms with E-state index in [9.17, 15) is 23.2 Å². The minimum atomic E-state index is -2.98. The molecule has 0 fully saturated rings. The monoisotopic (exact) mass is 478 g/mol. The Bertz CT molecular complexity index is 1080. The van der Waals surface area contributed by atoms with Gasteiger partial charge in [-0.25, -0.2) is 9.78 Å². The number of thioether (sulfide) groups is 1. The van der Waals surface area contributed by atoms with Crippen molar-refractivity contribution in [1.29, 1.82) is 0 Å². The molecule has 0 aliphatic carbocycles. The van der Waals surface area contributed by atoms with Gasteiger partial charge < -0.3 is 9.47 Å². The van der Waals surface area contributed by atoms with Crippen LogP contribution in [-0.4, -0.2) is 36.0 Å². The van der Waals surface area contributed by atoms with Crippen LogP contribution in [0.15, 0.2) is 64.3 Å². The average molecular weight is 478 g/mol. The third kappa shape index (κ3) is 6.86. The van der Waals surface area contributed by atoms with Crippen LogP contribution < -0.4 is 10.1 Å². The number of ether oxygens (including phenoxy) is 2. The van der Waals surface area contributed by atoms with E-state index in [2.05, 4.69) is 15.0 Å². The van der Waals surface area contributed by atoms with Crippen molar-refractivity contribution in [1.82, 2.24) is 10.3 Å². The normalized spacial score (nSPS) is 10.6. The number of hydrogen-bond donors (Lipinski definition) is 1. The molecule has 0 bridgehead atoms. The maximum absolute atomic E-state index is 12.4. The van der Waals surface area contributed by atoms with Crippen molar-refractivity contribution in [2.45, 2.75) is 17.3 Å². The number of esters is 1. The van der Waals surface area contributed by atoms with E-state index >= 15 is 0 Å². The second-order valence-electron chi connectivity index (χ2n) is 6.12. The van der Waals surface area contributed by atoms with Gasteiger partial charge in [-0.15, -0.1) is 23.1 Å². The van der Waals surface area contributed by atoms with Crippen LogP contribution in [0.4, 0.5) is 8.78 Å². The number of nitrogens with one attached hydrogen (secondary N) is 1. The minimum absolute atomic E-state index is 0.0510. The fourth-order valence-corrected chi connectivity index (χ4v) is 4.06. The molecule has 11 heteroatoms. The van der Waals surface area contributed by atoms with E-state index in [4.69, 9.17) is 4.74 Å². The zero-order valence-electron chi connectivity index (χ0n) is 16.3. The number of nitrogens with zero attached hydrogens (tertiary/aromatic N) is 1. The molecule has 0 aliphatic heterocycles. The molecule has 0 saturated carbocycles. The van der Waals surface area contributed by atoms with Crippen LogP contribution in [0.1, 0.15) is 26.4 Å². The van der Waals surface area contributed by atoms with E-state index in [0.717, 1.165) is 5.69 Å². The van der Waals surface area contributed by atoms with Crippen molar-refractivity contribution < 1.29 is 32.6 Å². The number of benzene rings is 2. The summed E-state index contributed by atoms with van der Waals surface area (Å²) in [5.74, 6) is -1.85. The summed E-state index contributed by atoms with van der Waals surface area (Å²) in [6.07, 6.45) is 0. The summed E-state index contributed by atoms with van der Waals surface area (Å²) in [5, 5.41) is 3.98. The highest BCUT2D eigenvalue weighted by molar-refractivity contribution is 7.98. The van der Waals surface area contributed by atoms with Crippen molar-refractivity contribution >= 4 is 40.9 Å². The Hall–Kier alpha value is -3.31. The van der Waals surface area contributed by atoms with Gasteiger partial charge in [0.25, 0.3) is 11.8 Å². The first kappa shape index (κ1) is 23.4. The van der Waals surface area contributed by atoms with Gasteiger partial charge in [0.15, 0.2) is 6.61 Å². The largest absolute Gasteiger partial charge is 0.452 e. The Morgan fingerprint density at radius 2 is 1.84 bits per heavy atom. The molecule has 32 heavy (non-hydrogen) atoms. The van der Waals surface area contributed by atoms with Gasteiger partial charge in [0, 0.05) is 21.6 Å². The van der Waals surface area contributed by atoms with Gasteiger partial charge in [-0.2, -0.15) is 8.78 Å². The molecule has 7 nitrogen and oxygen atoms in total. The van der Waals surface area contributed by atoms with Crippen LogP contribution in [0.5, 0.6) is 5.75 Å². The molecule has 0 saturated heterocycles. The molecule has 3 aromatic rings. The fraction of sp³-hybridized carbons (Fsp3) is 0.143. The number of amides is 2. The summed E-state index contributed by atoms with van der Waals surface area (Å²) < 4.78 is 33.6. The maximum Gasteiger partial charge on any atom is 0.387 e. The highest BCUT2D eigenvalue weighted by Crippen LogP contribution is 2.26. The second-order valence-corrected chi connectivity index (χ2v) is 7.86. The summed E-state index contributed by atoms with van der Waals surface area (Å²) in [6, 6.07) is 11.6. The first-order chi connectivity index (χ1) is 15.4. The van der Waals surface area contributed by atoms with Gasteiger partial charge in [0.2, 0.25) is 0 Å². The van der Waals surface area contributed by atoms with E-state index in [0.29, 0.717) is 16.2 Å². The first-order valence-corrected chi connectivity index (χ1v) is 11.0. The predicted octanol–water partition coefficient (Wildman–Crippen LogP) is 4.15. The number of imide groups is 1. The number of alkyl halides is 2. The zero-order valence-corrected chi connectivity index (χ0v) is 18.0. The van der Waals surface area contributed by atoms with Gasteiger partial charge >= 0.3 is 12.6 Å². The smallest absolute Gasteiger partial charge is 0.387 e. The number of carbonyl (C=O) groups excluding carboxylic acids is 3. The van der Waals surface area contributed by atoms with Crippen molar-refractivity contribution in [3.63, 3.8) is 0 Å². The maximum atomic E-state index is 12.4. The Morgan fingerprint density at radius 1 is 1.09 bits per heavy atom. The van der Waals surface area contributed by atoms with E-state index in [1.807, 2.05) is 5.38 Å². The van der Waals surface area contributed by atoms with E-state index in [-0.39, 0.29) is 11.3 Å². The molecular weight excluding hydrogens is 462 g/mol. The summed E-state index contributed by atoms with van der Waals surface area (Å²) in [4.78, 5) is 41.4. The van der Waals surface area contributed by atoms with Crippen LogP contribution in [0.25, 0.3) is 0 Å². The fourth-order valence-electron chi connectivity index (χ4n) is 2.45. The minimum Gasteiger partial charge on any atom is -0.452 e. The zero-order chi connectivity index (χ0) is 22.9. The molecule has 166 valence electrons. The third-order valence-electron chi connectivity index (χ3n) is 3.89. The van der Waals surface area contributed by atoms with Gasteiger partial charge in [0.1, 0.15) is 5.75 Å². The molecule has 2 amide bonds. The number of thiazole rings is 1. The predicted molar refractivity (Wildman–Crippen MR) is 114 cm³/mol. The van der Waals surface area contributed by atoms with E-state index in [1.54, 1.807) is 29.8 Å². The summed E-state index contributed by atoms with van der Waals surface area (Å²) in [7, 11) is 0. The molecule has 0 spiro atoms. The second kappa shape index (κ2) is 11.3. The lowest BCUT2D eigenvalue weighted by Crippen LogP contribution is -2.34. The Balaban J connectivity index is 1.51. The molecular formula is C21H16F2N2O5S2. The van der Waals surface area contributed by atoms with Crippen LogP contribution in [-0.2, 0) is 15.3 Å². The standard InChI is InChI=1S/C21H16F2N2O5S2/c22-21(23)30-15-7-5-13(6-8-15)19(27)25-18(26)9-29-20(28)16-3-1-2-4-17(16)32-11-14-10-31-12-24-14/h1-8,10,12,21H,9,11H2,(H,25,26,27). The van der Waals surface area contributed by atoms with E-state index in [1.165, 1.54) is 47.4 Å². The topological polar surface area (TPSA) is 94.6 Å². The summed E-state index contributed by atoms with van der Waals surface area (Å²) >= 11 is 2.89. The summed E-state index contributed by atoms with van der Waals surface area (Å²) in [5.41, 5.74) is 2.95. The molecule has 1 N–H and O–H groups in total. The van der Waals surface area contributed by atoms with Gasteiger partial charge in [-0.1, -0.05) is 12.1 Å². The van der Waals surface area contributed by atoms with Crippen molar-refractivity contribution in [3.05, 3.63) is 76.2 Å². The molecule has 1 aromatic heterocycles. The lowest BCUT2D eigenvalue weighted by molar-refractivity contribution is -0.123. The van der Waals surface area contributed by atoms with Crippen LogP contribution >= 0.6 is 23.1 Å². The highest BCUT2D eigenvalue weighted by Gasteiger charge is 2.17. The van der Waals surface area contributed by atoms with Gasteiger partial charge in [0.05, 0.1) is 16.8 Å². The van der Waals surface area contributed by atoms with Crippen LogP contribution in [0.3, 0.4) is 0 Å². The third-order valence-corrected chi connectivity index (χ3v) is 5.64. The Labute approximate surface area is 189 Å². The lowest BCUT2D eigenvalue weighted by Gasteiger charge is -2.09. The average Bonchev–Trinajstić information content (AvgIpc) is 3.30. The molecule has 0 atom stereocenters. The lowest BCUT2D eigenvalue weighted by atomic mass is 10.2. The molecule has 0 radical (unpaired) electrons. The quantitative estimate of drug-likeness (QED) is 0.365. The van der Waals surface area contributed by atoms with Gasteiger partial charge in [-0.05, 0) is 36.4 Å². The molecule has 2 aromatic carbocycles. The summed E-state index contributed by atoms with van der Waals surface area (Å²) in [6.45, 7) is -3.65. The van der Waals surface area contributed by atoms with Crippen LogP contribution in [0.2, 0.25) is 0 Å². The number of hydrogen-bond acceptors (Lipinski definition) is 8. The number of rotatable bonds is 9. The number of halogens is 2. The van der Waals surface area contributed by atoms with Crippen molar-refractivity contribution in [2.75, 3.05) is 6.61 Å². The van der Waals surface area contributed by atoms with Gasteiger partial charge in [-0.3, -0.25) is 14.9 Å². The number of aromatic nitrogens is 1. The number of carbonyl (C=O) groups is 3. The molecule has 3 rings (SSSR count). The Morgan fingerprint density at radius 3 is 2.53 bits per heavy atom. The SMILES string of the molecule is O=C(COC(=O)c1ccccc1SCc1cscn1)NC(=O)c1ccc(OC(F)F)cc1. The van der Waals surface area contributed by atoms with Crippen LogP contribution in [0, 0.1) is 0 Å². The Kier molecular flexibility index (Phi) is 8.28. The molecule has 1 heterocycles. The molecule has 0 aliphatic rings. The first-order valence-electron chi connectivity index (χ1n) is 9.07. The highest BCUT2D eigenvalue weighted by atomic mass is 32.2. The van der Waals surface area contributed by atoms with Crippen molar-refractivity contribution in [2.24, 2.45) is 0 Å². The molecule has 0 unspecified atom stereocenters. The van der Waals surface area contributed by atoms with E-state index < -0.39 is 31.0 Å².